The zero-order chi connectivity index (χ0) is 23.8. The molecule has 0 amide bonds. The summed E-state index contributed by atoms with van der Waals surface area (Å²) in [6.07, 6.45) is 19.3. The van der Waals surface area contributed by atoms with Crippen LogP contribution >= 0.6 is 0 Å². The van der Waals surface area contributed by atoms with E-state index in [9.17, 15) is 0 Å². The summed E-state index contributed by atoms with van der Waals surface area (Å²) in [7, 11) is 0. The molecule has 3 aromatic carbocycles. The quantitative estimate of drug-likeness (QED) is 0.357. The summed E-state index contributed by atoms with van der Waals surface area (Å²) in [5.74, 6) is 0. The van der Waals surface area contributed by atoms with Crippen LogP contribution < -0.4 is 0 Å². The molecule has 0 atom stereocenters. The fraction of sp³-hybridized carbons (Fsp3) is 0.486. The van der Waals surface area contributed by atoms with Crippen LogP contribution in [0.2, 0.25) is 0 Å². The zero-order valence-corrected chi connectivity index (χ0v) is 22.1. The van der Waals surface area contributed by atoms with Crippen LogP contribution in [0.5, 0.6) is 0 Å². The first-order valence-electron chi connectivity index (χ1n) is 14.6. The van der Waals surface area contributed by atoms with Crippen LogP contribution in [0.4, 0.5) is 0 Å². The summed E-state index contributed by atoms with van der Waals surface area (Å²) in [4.78, 5) is 0. The molecule has 0 saturated heterocycles. The number of hydrogen-bond acceptors (Lipinski definition) is 0. The van der Waals surface area contributed by atoms with Gasteiger partial charge in [0.2, 0.25) is 0 Å². The molecule has 0 bridgehead atoms. The smallest absolute Gasteiger partial charge is 0.00201 e. The van der Waals surface area contributed by atoms with Gasteiger partial charge < -0.3 is 0 Å². The fourth-order valence-corrected chi connectivity index (χ4v) is 7.56. The predicted octanol–water partition coefficient (Wildman–Crippen LogP) is 8.38. The van der Waals surface area contributed by atoms with Gasteiger partial charge in [0.25, 0.3) is 0 Å². The van der Waals surface area contributed by atoms with E-state index in [2.05, 4.69) is 50.2 Å². The normalized spacial score (nSPS) is 17.0. The maximum absolute atomic E-state index is 2.52. The molecule has 0 radical (unpaired) electrons. The minimum Gasteiger partial charge on any atom is -0.0613 e. The lowest BCUT2D eigenvalue weighted by molar-refractivity contribution is 0.665. The lowest BCUT2D eigenvalue weighted by atomic mass is 9.78. The van der Waals surface area contributed by atoms with Crippen LogP contribution in [-0.2, 0) is 57.8 Å². The van der Waals surface area contributed by atoms with Gasteiger partial charge in [-0.2, -0.15) is 0 Å². The molecule has 182 valence electrons. The Kier molecular flexibility index (Phi) is 6.57. The Labute approximate surface area is 213 Å². The van der Waals surface area contributed by atoms with E-state index < -0.39 is 0 Å². The van der Waals surface area contributed by atoms with Gasteiger partial charge in [-0.05, 0) is 170 Å². The van der Waals surface area contributed by atoms with E-state index in [1.54, 1.807) is 61.2 Å². The third-order valence-corrected chi connectivity index (χ3v) is 9.47. The van der Waals surface area contributed by atoms with Gasteiger partial charge in [0.05, 0.1) is 0 Å². The topological polar surface area (TPSA) is 0 Å². The number of benzene rings is 3. The summed E-state index contributed by atoms with van der Waals surface area (Å²) < 4.78 is 0. The van der Waals surface area contributed by atoms with Crippen molar-refractivity contribution in [3.63, 3.8) is 0 Å². The number of fused-ring (bicyclic) bond motifs is 3. The Balaban J connectivity index is 1.35. The van der Waals surface area contributed by atoms with Gasteiger partial charge in [0.15, 0.2) is 0 Å². The van der Waals surface area contributed by atoms with E-state index in [4.69, 9.17) is 0 Å². The van der Waals surface area contributed by atoms with E-state index in [-0.39, 0.29) is 0 Å². The highest BCUT2D eigenvalue weighted by Crippen LogP contribution is 2.35. The number of aryl methyl sites for hydroxylation is 2. The monoisotopic (exact) mass is 462 g/mol. The summed E-state index contributed by atoms with van der Waals surface area (Å²) >= 11 is 0. The van der Waals surface area contributed by atoms with E-state index in [0.717, 1.165) is 12.8 Å². The minimum absolute atomic E-state index is 1.13. The van der Waals surface area contributed by atoms with Crippen LogP contribution in [0.15, 0.2) is 36.4 Å². The Bertz CT molecular complexity index is 1240. The summed E-state index contributed by atoms with van der Waals surface area (Å²) in [6, 6.07) is 14.8. The van der Waals surface area contributed by atoms with Gasteiger partial charge in [-0.1, -0.05) is 43.3 Å². The van der Waals surface area contributed by atoms with Crippen molar-refractivity contribution in [2.75, 3.05) is 0 Å². The first kappa shape index (κ1) is 23.1. The highest BCUT2D eigenvalue weighted by atomic mass is 14.3. The lowest BCUT2D eigenvalue weighted by Crippen LogP contribution is -2.14. The van der Waals surface area contributed by atoms with E-state index in [1.807, 2.05) is 0 Å². The number of hydrogen-bond donors (Lipinski definition) is 0. The maximum atomic E-state index is 2.52. The second kappa shape index (κ2) is 9.96. The van der Waals surface area contributed by atoms with Gasteiger partial charge in [0.1, 0.15) is 0 Å². The molecule has 0 unspecified atom stereocenters. The van der Waals surface area contributed by atoms with Crippen LogP contribution in [0.3, 0.4) is 0 Å². The van der Waals surface area contributed by atoms with E-state index in [0.29, 0.717) is 0 Å². The molecule has 35 heavy (non-hydrogen) atoms. The molecule has 0 spiro atoms. The van der Waals surface area contributed by atoms with Crippen LogP contribution in [-0.4, -0.2) is 0 Å². The van der Waals surface area contributed by atoms with Crippen molar-refractivity contribution in [2.45, 2.75) is 110 Å². The molecule has 0 heterocycles. The van der Waals surface area contributed by atoms with Crippen LogP contribution in [0.25, 0.3) is 0 Å². The molecular weight excluding hydrogens is 420 g/mol. The van der Waals surface area contributed by atoms with Gasteiger partial charge in [-0.3, -0.25) is 0 Å². The summed E-state index contributed by atoms with van der Waals surface area (Å²) in [5, 5.41) is 0. The van der Waals surface area contributed by atoms with Gasteiger partial charge in [-0.25, -0.2) is 0 Å². The molecule has 0 aromatic heterocycles. The van der Waals surface area contributed by atoms with E-state index >= 15 is 0 Å². The Morgan fingerprint density at radius 1 is 0.429 bits per heavy atom. The van der Waals surface area contributed by atoms with Crippen molar-refractivity contribution in [1.29, 1.82) is 0 Å². The van der Waals surface area contributed by atoms with Crippen LogP contribution in [0.1, 0.15) is 112 Å². The highest BCUT2D eigenvalue weighted by molar-refractivity contribution is 5.51. The second-order valence-electron chi connectivity index (χ2n) is 11.5. The van der Waals surface area contributed by atoms with Crippen molar-refractivity contribution in [3.8, 4) is 0 Å². The average Bonchev–Trinajstić information content (AvgIpc) is 2.92. The Morgan fingerprint density at radius 3 is 1.17 bits per heavy atom. The average molecular weight is 463 g/mol. The predicted molar refractivity (Wildman–Crippen MR) is 149 cm³/mol. The van der Waals surface area contributed by atoms with E-state index in [1.165, 1.54) is 89.0 Å². The van der Waals surface area contributed by atoms with Gasteiger partial charge in [-0.15, -0.1) is 0 Å². The van der Waals surface area contributed by atoms with Crippen molar-refractivity contribution in [3.05, 3.63) is 103 Å². The van der Waals surface area contributed by atoms with Crippen molar-refractivity contribution in [2.24, 2.45) is 0 Å². The molecule has 0 nitrogen and oxygen atoms in total. The largest absolute Gasteiger partial charge is 0.0613 e. The first-order chi connectivity index (χ1) is 17.2. The standard InChI is InChI=1S/C35H42/c1-3-25-18-19-27(33-13-7-6-11-31(25)33)23-29-21-20-28(34-14-8-9-15-35(29)34)22-26-17-16-24(2)30-10-4-5-12-32(26)30/h16-21H,3-15,22-23H2,1-2H3. The second-order valence-corrected chi connectivity index (χ2v) is 11.5. The minimum atomic E-state index is 1.13. The van der Waals surface area contributed by atoms with Crippen LogP contribution in [0, 0.1) is 6.92 Å². The molecule has 0 saturated carbocycles. The maximum Gasteiger partial charge on any atom is -0.00201 e. The molecule has 3 aromatic rings. The molecule has 0 heteroatoms. The molecular formula is C35H42. The molecule has 3 aliphatic rings. The molecule has 0 N–H and O–H groups in total. The van der Waals surface area contributed by atoms with Crippen molar-refractivity contribution in [1.82, 2.24) is 0 Å². The Hall–Kier alpha value is -2.34. The third kappa shape index (κ3) is 4.39. The van der Waals surface area contributed by atoms with Gasteiger partial charge in [0, 0.05) is 0 Å². The lowest BCUT2D eigenvalue weighted by Gasteiger charge is -2.27. The van der Waals surface area contributed by atoms with Gasteiger partial charge >= 0.3 is 0 Å². The summed E-state index contributed by atoms with van der Waals surface area (Å²) in [6.45, 7) is 4.64. The Morgan fingerprint density at radius 2 is 0.743 bits per heavy atom. The highest BCUT2D eigenvalue weighted by Gasteiger charge is 2.22. The zero-order valence-electron chi connectivity index (χ0n) is 22.1. The SMILES string of the molecule is CCc1ccc(Cc2ccc(Cc3ccc(C)c4c3CCCC4)c3c2CCCC3)c2c1CCCC2. The third-order valence-electron chi connectivity index (χ3n) is 9.47. The summed E-state index contributed by atoms with van der Waals surface area (Å²) in [5.41, 5.74) is 19.7. The van der Waals surface area contributed by atoms with Crippen molar-refractivity contribution < 1.29 is 0 Å². The molecule has 3 aliphatic carbocycles. The molecule has 0 aliphatic heterocycles. The molecule has 0 fully saturated rings. The van der Waals surface area contributed by atoms with Crippen molar-refractivity contribution >= 4 is 0 Å². The molecule has 6 rings (SSSR count). The fourth-order valence-electron chi connectivity index (χ4n) is 7.56. The number of rotatable bonds is 5. The first-order valence-corrected chi connectivity index (χ1v) is 14.6.